The summed E-state index contributed by atoms with van der Waals surface area (Å²) in [7, 11) is 0. The third kappa shape index (κ3) is 6.23. The molecule has 6 nitrogen and oxygen atoms in total. The lowest BCUT2D eigenvalue weighted by Crippen LogP contribution is -2.41. The summed E-state index contributed by atoms with van der Waals surface area (Å²) in [6, 6.07) is 13.0. The van der Waals surface area contributed by atoms with E-state index in [-0.39, 0.29) is 18.7 Å². The van der Waals surface area contributed by atoms with E-state index in [2.05, 4.69) is 30.0 Å². The maximum Gasteiger partial charge on any atom is 0.269 e. The van der Waals surface area contributed by atoms with Crippen LogP contribution in [0.5, 0.6) is 0 Å². The van der Waals surface area contributed by atoms with Crippen molar-refractivity contribution in [2.24, 2.45) is 0 Å². The molecule has 0 spiro atoms. The molecule has 2 aromatic rings. The third-order valence-electron chi connectivity index (χ3n) is 4.40. The molecule has 0 aliphatic rings. The topological polar surface area (TPSA) is 87.3 Å². The van der Waals surface area contributed by atoms with E-state index in [1.165, 1.54) is 0 Å². The zero-order chi connectivity index (χ0) is 20.7. The van der Waals surface area contributed by atoms with Gasteiger partial charge in [0.15, 0.2) is 0 Å². The number of hydrogen-bond donors (Lipinski definition) is 3. The molecule has 148 valence electrons. The molecule has 3 N–H and O–H groups in total. The highest BCUT2D eigenvalue weighted by Crippen LogP contribution is 2.17. The van der Waals surface area contributed by atoms with Crippen LogP contribution in [0.3, 0.4) is 0 Å². The highest BCUT2D eigenvalue weighted by Gasteiger charge is 2.11. The fourth-order valence-electron chi connectivity index (χ4n) is 2.59. The lowest BCUT2D eigenvalue weighted by Gasteiger charge is -2.10. The van der Waals surface area contributed by atoms with Crippen molar-refractivity contribution in [3.8, 4) is 0 Å². The van der Waals surface area contributed by atoms with Gasteiger partial charge in [0.05, 0.1) is 0 Å². The number of rotatable bonds is 6. The summed E-state index contributed by atoms with van der Waals surface area (Å²) in [5.74, 6) is -0.697. The van der Waals surface area contributed by atoms with Gasteiger partial charge in [-0.1, -0.05) is 38.1 Å². The van der Waals surface area contributed by atoms with Gasteiger partial charge >= 0.3 is 0 Å². The van der Waals surface area contributed by atoms with Gasteiger partial charge in [0.25, 0.3) is 5.91 Å². The van der Waals surface area contributed by atoms with Gasteiger partial charge in [-0.2, -0.15) is 0 Å². The first-order chi connectivity index (χ1) is 13.3. The summed E-state index contributed by atoms with van der Waals surface area (Å²) in [5.41, 5.74) is 9.04. The lowest BCUT2D eigenvalue weighted by molar-refractivity contribution is -0.124. The summed E-state index contributed by atoms with van der Waals surface area (Å²) in [6.07, 6.45) is 0.00142. The predicted octanol–water partition coefficient (Wildman–Crippen LogP) is 3.61. The molecule has 2 aromatic carbocycles. The van der Waals surface area contributed by atoms with Crippen LogP contribution in [0.2, 0.25) is 0 Å². The smallest absolute Gasteiger partial charge is 0.269 e. The van der Waals surface area contributed by atoms with E-state index < -0.39 is 11.8 Å². The van der Waals surface area contributed by atoms with E-state index >= 15 is 0 Å². The first-order valence-corrected chi connectivity index (χ1v) is 9.32. The van der Waals surface area contributed by atoms with Gasteiger partial charge < -0.3 is 5.32 Å². The van der Waals surface area contributed by atoms with Gasteiger partial charge in [0.1, 0.15) is 0 Å². The first-order valence-electron chi connectivity index (χ1n) is 9.32. The first kappa shape index (κ1) is 21.2. The highest BCUT2D eigenvalue weighted by molar-refractivity contribution is 5.96. The van der Waals surface area contributed by atoms with Crippen LogP contribution >= 0.6 is 0 Å². The molecule has 0 aliphatic carbocycles. The molecular weight excluding hydrogens is 354 g/mol. The van der Waals surface area contributed by atoms with Crippen LogP contribution in [-0.2, 0) is 9.59 Å². The zero-order valence-corrected chi connectivity index (χ0v) is 16.8. The van der Waals surface area contributed by atoms with Crippen LogP contribution in [0.1, 0.15) is 59.7 Å². The molecular formula is C22H27N3O3. The number of benzene rings is 2. The number of hydrogen-bond acceptors (Lipinski definition) is 3. The number of aryl methyl sites for hydroxylation is 2. The Labute approximate surface area is 165 Å². The standard InChI is InChI=1S/C22H27N3O3/c1-14(2)17-7-9-18(10-8-17)22(28)25-24-21(27)12-11-20(26)23-19-13-15(3)5-6-16(19)4/h5-10,13-14H,11-12H2,1-4H3,(H,23,26)(H,24,27)(H,25,28). The van der Waals surface area contributed by atoms with Crippen LogP contribution in [0.25, 0.3) is 0 Å². The summed E-state index contributed by atoms with van der Waals surface area (Å²) >= 11 is 0. The molecule has 0 radical (unpaired) electrons. The largest absolute Gasteiger partial charge is 0.326 e. The summed E-state index contributed by atoms with van der Waals surface area (Å²) < 4.78 is 0. The molecule has 2 rings (SSSR count). The maximum atomic E-state index is 12.1. The Balaban J connectivity index is 1.76. The minimum atomic E-state index is -0.428. The minimum Gasteiger partial charge on any atom is -0.326 e. The molecule has 0 saturated heterocycles. The molecule has 0 aromatic heterocycles. The van der Waals surface area contributed by atoms with Gasteiger partial charge in [-0.05, 0) is 54.7 Å². The number of anilines is 1. The molecule has 0 aliphatic heterocycles. The predicted molar refractivity (Wildman–Crippen MR) is 110 cm³/mol. The zero-order valence-electron chi connectivity index (χ0n) is 16.8. The minimum absolute atomic E-state index is 0.0245. The highest BCUT2D eigenvalue weighted by atomic mass is 16.2. The monoisotopic (exact) mass is 381 g/mol. The van der Waals surface area contributed by atoms with E-state index in [9.17, 15) is 14.4 Å². The summed E-state index contributed by atoms with van der Waals surface area (Å²) in [6.45, 7) is 8.00. The Hall–Kier alpha value is -3.15. The van der Waals surface area contributed by atoms with E-state index in [1.807, 2.05) is 44.2 Å². The molecule has 0 unspecified atom stereocenters. The van der Waals surface area contributed by atoms with Crippen molar-refractivity contribution in [3.05, 3.63) is 64.7 Å². The SMILES string of the molecule is Cc1ccc(C)c(NC(=O)CCC(=O)NNC(=O)c2ccc(C(C)C)cc2)c1. The molecule has 0 bridgehead atoms. The van der Waals surface area contributed by atoms with E-state index in [0.29, 0.717) is 11.5 Å². The lowest BCUT2D eigenvalue weighted by atomic mass is 10.0. The quantitative estimate of drug-likeness (QED) is 0.668. The van der Waals surface area contributed by atoms with Crippen molar-refractivity contribution in [3.63, 3.8) is 0 Å². The van der Waals surface area contributed by atoms with E-state index in [4.69, 9.17) is 0 Å². The molecule has 0 atom stereocenters. The Morgan fingerprint density at radius 2 is 1.50 bits per heavy atom. The molecule has 0 fully saturated rings. The van der Waals surface area contributed by atoms with Crippen molar-refractivity contribution in [1.29, 1.82) is 0 Å². The molecule has 6 heteroatoms. The number of carbonyl (C=O) groups is 3. The number of carbonyl (C=O) groups excluding carboxylic acids is 3. The van der Waals surface area contributed by atoms with Gasteiger partial charge in [-0.25, -0.2) is 0 Å². The van der Waals surface area contributed by atoms with Crippen molar-refractivity contribution < 1.29 is 14.4 Å². The molecule has 0 heterocycles. The molecule has 0 saturated carbocycles. The Morgan fingerprint density at radius 3 is 2.14 bits per heavy atom. The van der Waals surface area contributed by atoms with E-state index in [1.54, 1.807) is 12.1 Å². The summed E-state index contributed by atoms with van der Waals surface area (Å²) in [5, 5.41) is 2.81. The maximum absolute atomic E-state index is 12.1. The number of hydrazine groups is 1. The van der Waals surface area contributed by atoms with E-state index in [0.717, 1.165) is 22.4 Å². The second kappa shape index (κ2) is 9.69. The number of nitrogens with one attached hydrogen (secondary N) is 3. The number of amides is 3. The summed E-state index contributed by atoms with van der Waals surface area (Å²) in [4.78, 5) is 36.0. The second-order valence-electron chi connectivity index (χ2n) is 7.15. The van der Waals surface area contributed by atoms with Crippen LogP contribution < -0.4 is 16.2 Å². The van der Waals surface area contributed by atoms with Crippen molar-refractivity contribution in [2.75, 3.05) is 5.32 Å². The average molecular weight is 381 g/mol. The second-order valence-corrected chi connectivity index (χ2v) is 7.15. The Kier molecular flexibility index (Phi) is 7.32. The fourth-order valence-corrected chi connectivity index (χ4v) is 2.59. The average Bonchev–Trinajstić information content (AvgIpc) is 2.67. The van der Waals surface area contributed by atoms with Gasteiger partial charge in [-0.3, -0.25) is 25.2 Å². The molecule has 28 heavy (non-hydrogen) atoms. The van der Waals surface area contributed by atoms with Crippen LogP contribution in [0, 0.1) is 13.8 Å². The van der Waals surface area contributed by atoms with Gasteiger partial charge in [0, 0.05) is 24.1 Å². The van der Waals surface area contributed by atoms with Crippen LogP contribution in [-0.4, -0.2) is 17.7 Å². The normalized spacial score (nSPS) is 10.5. The Bertz CT molecular complexity index is 858. The van der Waals surface area contributed by atoms with Crippen LogP contribution in [0.4, 0.5) is 5.69 Å². The fraction of sp³-hybridized carbons (Fsp3) is 0.318. The van der Waals surface area contributed by atoms with Crippen molar-refractivity contribution >= 4 is 23.4 Å². The third-order valence-corrected chi connectivity index (χ3v) is 4.40. The van der Waals surface area contributed by atoms with Crippen molar-refractivity contribution in [2.45, 2.75) is 46.5 Å². The van der Waals surface area contributed by atoms with Gasteiger partial charge in [0.2, 0.25) is 11.8 Å². The van der Waals surface area contributed by atoms with Crippen LogP contribution in [0.15, 0.2) is 42.5 Å². The van der Waals surface area contributed by atoms with Gasteiger partial charge in [-0.15, -0.1) is 0 Å². The molecule has 3 amide bonds. The van der Waals surface area contributed by atoms with Crippen molar-refractivity contribution in [1.82, 2.24) is 10.9 Å². The Morgan fingerprint density at radius 1 is 0.857 bits per heavy atom.